The molecule has 0 spiro atoms. The van der Waals surface area contributed by atoms with Gasteiger partial charge in [-0.2, -0.15) is 0 Å². The Kier molecular flexibility index (Phi) is 4.13. The topological polar surface area (TPSA) is 37.8 Å². The van der Waals surface area contributed by atoms with Gasteiger partial charge in [-0.1, -0.05) is 41.1 Å². The van der Waals surface area contributed by atoms with Crippen LogP contribution in [-0.2, 0) is 25.8 Å². The number of halogens is 1. The van der Waals surface area contributed by atoms with Gasteiger partial charge in [0, 0.05) is 41.7 Å². The van der Waals surface area contributed by atoms with E-state index >= 15 is 0 Å². The summed E-state index contributed by atoms with van der Waals surface area (Å²) in [4.78, 5) is 9.56. The Labute approximate surface area is 128 Å². The lowest BCUT2D eigenvalue weighted by Gasteiger charge is -2.19. The van der Waals surface area contributed by atoms with Gasteiger partial charge in [0.05, 0.1) is 5.69 Å². The van der Waals surface area contributed by atoms with E-state index in [-0.39, 0.29) is 0 Å². The molecule has 2 aromatic rings. The highest BCUT2D eigenvalue weighted by Gasteiger charge is 2.16. The number of nitrogens with zero attached hydrogens (tertiary/aromatic N) is 2. The first-order valence-electron chi connectivity index (χ1n) is 7.09. The van der Waals surface area contributed by atoms with Crippen LogP contribution in [0.2, 0.25) is 0 Å². The van der Waals surface area contributed by atoms with Crippen molar-refractivity contribution >= 4 is 15.9 Å². The van der Waals surface area contributed by atoms with Crippen LogP contribution in [0, 0.1) is 0 Å². The molecule has 0 saturated carbocycles. The van der Waals surface area contributed by atoms with Gasteiger partial charge in [-0.3, -0.25) is 0 Å². The smallest absolute Gasteiger partial charge is 0.133 e. The minimum Gasteiger partial charge on any atom is -0.312 e. The zero-order valence-corrected chi connectivity index (χ0v) is 13.2. The van der Waals surface area contributed by atoms with Crippen molar-refractivity contribution in [1.29, 1.82) is 0 Å². The summed E-state index contributed by atoms with van der Waals surface area (Å²) in [5, 5.41) is 3.41. The van der Waals surface area contributed by atoms with Gasteiger partial charge in [-0.15, -0.1) is 0 Å². The lowest BCUT2D eigenvalue weighted by atomic mass is 10.0. The third-order valence-corrected chi connectivity index (χ3v) is 4.48. The molecule has 1 N–H and O–H groups in total. The third kappa shape index (κ3) is 2.76. The van der Waals surface area contributed by atoms with Crippen LogP contribution in [0.3, 0.4) is 0 Å². The molecule has 1 aromatic carbocycles. The lowest BCUT2D eigenvalue weighted by Crippen LogP contribution is -2.27. The van der Waals surface area contributed by atoms with Crippen molar-refractivity contribution in [2.24, 2.45) is 0 Å². The van der Waals surface area contributed by atoms with Gasteiger partial charge in [-0.25, -0.2) is 9.97 Å². The SMILES string of the molecule is CCc1nc(Cc2ccccc2Br)nc2c1CNCC2. The average Bonchev–Trinajstić information content (AvgIpc) is 2.49. The zero-order chi connectivity index (χ0) is 13.9. The Bertz CT molecular complexity index is 608. The summed E-state index contributed by atoms with van der Waals surface area (Å²) in [5.74, 6) is 0.939. The minimum atomic E-state index is 0.787. The zero-order valence-electron chi connectivity index (χ0n) is 11.6. The normalized spacial score (nSPS) is 14.1. The molecule has 0 unspecified atom stereocenters. The summed E-state index contributed by atoms with van der Waals surface area (Å²) in [6.07, 6.45) is 2.76. The largest absolute Gasteiger partial charge is 0.312 e. The number of aryl methyl sites for hydroxylation is 1. The summed E-state index contributed by atoms with van der Waals surface area (Å²) < 4.78 is 1.13. The maximum absolute atomic E-state index is 4.79. The molecule has 0 bridgehead atoms. The van der Waals surface area contributed by atoms with Gasteiger partial charge >= 0.3 is 0 Å². The Morgan fingerprint density at radius 2 is 2.10 bits per heavy atom. The van der Waals surface area contributed by atoms with Crippen molar-refractivity contribution in [1.82, 2.24) is 15.3 Å². The van der Waals surface area contributed by atoms with Gasteiger partial charge < -0.3 is 5.32 Å². The molecule has 1 aromatic heterocycles. The van der Waals surface area contributed by atoms with E-state index in [4.69, 9.17) is 9.97 Å². The Morgan fingerprint density at radius 1 is 1.25 bits per heavy atom. The van der Waals surface area contributed by atoms with E-state index in [1.807, 2.05) is 6.07 Å². The highest BCUT2D eigenvalue weighted by Crippen LogP contribution is 2.21. The molecule has 0 aliphatic carbocycles. The molecule has 3 nitrogen and oxygen atoms in total. The minimum absolute atomic E-state index is 0.787. The fraction of sp³-hybridized carbons (Fsp3) is 0.375. The molecule has 1 aliphatic heterocycles. The van der Waals surface area contributed by atoms with E-state index in [0.717, 1.165) is 42.6 Å². The molecule has 104 valence electrons. The molecular weight excluding hydrogens is 314 g/mol. The van der Waals surface area contributed by atoms with Gasteiger partial charge in [0.1, 0.15) is 5.82 Å². The first-order valence-corrected chi connectivity index (χ1v) is 7.89. The number of aromatic nitrogens is 2. The van der Waals surface area contributed by atoms with Crippen LogP contribution in [-0.4, -0.2) is 16.5 Å². The average molecular weight is 332 g/mol. The highest BCUT2D eigenvalue weighted by atomic mass is 79.9. The second-order valence-electron chi connectivity index (χ2n) is 5.06. The van der Waals surface area contributed by atoms with Crippen molar-refractivity contribution in [3.63, 3.8) is 0 Å². The standard InChI is InChI=1S/C16H18BrN3/c1-2-14-12-10-18-8-7-15(12)20-16(19-14)9-11-5-3-4-6-13(11)17/h3-6,18H,2,7-10H2,1H3. The summed E-state index contributed by atoms with van der Waals surface area (Å²) in [7, 11) is 0. The van der Waals surface area contributed by atoms with E-state index in [1.165, 1.54) is 22.5 Å². The molecule has 0 atom stereocenters. The van der Waals surface area contributed by atoms with Crippen molar-refractivity contribution in [2.45, 2.75) is 32.7 Å². The number of hydrogen-bond donors (Lipinski definition) is 1. The Morgan fingerprint density at radius 3 is 2.90 bits per heavy atom. The molecule has 1 aliphatic rings. The predicted octanol–water partition coefficient (Wildman–Crippen LogP) is 3.04. The molecule has 4 heteroatoms. The predicted molar refractivity (Wildman–Crippen MR) is 83.8 cm³/mol. The molecule has 0 amide bonds. The molecule has 0 saturated heterocycles. The molecule has 0 fully saturated rings. The van der Waals surface area contributed by atoms with Crippen molar-refractivity contribution in [3.05, 3.63) is 57.1 Å². The van der Waals surface area contributed by atoms with Crippen LogP contribution in [0.1, 0.15) is 35.3 Å². The van der Waals surface area contributed by atoms with Crippen LogP contribution in [0.4, 0.5) is 0 Å². The van der Waals surface area contributed by atoms with Gasteiger partial charge in [0.15, 0.2) is 0 Å². The molecule has 20 heavy (non-hydrogen) atoms. The number of hydrogen-bond acceptors (Lipinski definition) is 3. The maximum Gasteiger partial charge on any atom is 0.133 e. The van der Waals surface area contributed by atoms with Crippen molar-refractivity contribution in [2.75, 3.05) is 6.54 Å². The second kappa shape index (κ2) is 6.02. The maximum atomic E-state index is 4.79. The first kappa shape index (κ1) is 13.7. The van der Waals surface area contributed by atoms with Gasteiger partial charge in [0.2, 0.25) is 0 Å². The quantitative estimate of drug-likeness (QED) is 0.939. The Hall–Kier alpha value is -1.26. The van der Waals surface area contributed by atoms with E-state index in [9.17, 15) is 0 Å². The second-order valence-corrected chi connectivity index (χ2v) is 5.91. The van der Waals surface area contributed by atoms with Crippen LogP contribution < -0.4 is 5.32 Å². The molecular formula is C16H18BrN3. The van der Waals surface area contributed by atoms with E-state index in [2.05, 4.69) is 46.4 Å². The van der Waals surface area contributed by atoms with Gasteiger partial charge in [-0.05, 0) is 18.1 Å². The Balaban J connectivity index is 1.96. The summed E-state index contributed by atoms with van der Waals surface area (Å²) in [6, 6.07) is 8.28. The molecule has 2 heterocycles. The van der Waals surface area contributed by atoms with Crippen LogP contribution in [0.15, 0.2) is 28.7 Å². The van der Waals surface area contributed by atoms with Crippen LogP contribution in [0.5, 0.6) is 0 Å². The number of benzene rings is 1. The lowest BCUT2D eigenvalue weighted by molar-refractivity contribution is 0.611. The number of nitrogens with one attached hydrogen (secondary N) is 1. The fourth-order valence-corrected chi connectivity index (χ4v) is 3.08. The van der Waals surface area contributed by atoms with Crippen molar-refractivity contribution < 1.29 is 0 Å². The summed E-state index contributed by atoms with van der Waals surface area (Å²) in [5.41, 5.74) is 4.99. The van der Waals surface area contributed by atoms with E-state index < -0.39 is 0 Å². The molecule has 0 radical (unpaired) electrons. The van der Waals surface area contributed by atoms with Gasteiger partial charge in [0.25, 0.3) is 0 Å². The number of rotatable bonds is 3. The van der Waals surface area contributed by atoms with Crippen molar-refractivity contribution in [3.8, 4) is 0 Å². The summed E-state index contributed by atoms with van der Waals surface area (Å²) >= 11 is 3.60. The van der Waals surface area contributed by atoms with E-state index in [1.54, 1.807) is 0 Å². The van der Waals surface area contributed by atoms with Crippen LogP contribution in [0.25, 0.3) is 0 Å². The molecule has 3 rings (SSSR count). The fourth-order valence-electron chi connectivity index (χ4n) is 2.65. The highest BCUT2D eigenvalue weighted by molar-refractivity contribution is 9.10. The monoisotopic (exact) mass is 331 g/mol. The van der Waals surface area contributed by atoms with E-state index in [0.29, 0.717) is 0 Å². The van der Waals surface area contributed by atoms with Crippen LogP contribution >= 0.6 is 15.9 Å². The third-order valence-electron chi connectivity index (χ3n) is 3.71. The number of fused-ring (bicyclic) bond motifs is 1. The first-order chi connectivity index (χ1) is 9.78. The summed E-state index contributed by atoms with van der Waals surface area (Å²) in [6.45, 7) is 4.09.